The van der Waals surface area contributed by atoms with Crippen molar-refractivity contribution in [2.45, 2.75) is 6.42 Å². The third-order valence-corrected chi connectivity index (χ3v) is 5.09. The number of thiazole rings is 1. The molecule has 0 radical (unpaired) electrons. The molecule has 3 aromatic heterocycles. The van der Waals surface area contributed by atoms with Crippen molar-refractivity contribution < 1.29 is 9.59 Å². The molecule has 0 spiro atoms. The van der Waals surface area contributed by atoms with E-state index >= 15 is 0 Å². The summed E-state index contributed by atoms with van der Waals surface area (Å²) >= 11 is 1.46. The number of anilines is 2. The number of amides is 2. The van der Waals surface area contributed by atoms with E-state index in [1.54, 1.807) is 24.5 Å². The quantitative estimate of drug-likeness (QED) is 0.683. The van der Waals surface area contributed by atoms with Gasteiger partial charge >= 0.3 is 0 Å². The van der Waals surface area contributed by atoms with Crippen LogP contribution in [0.5, 0.6) is 0 Å². The average Bonchev–Trinajstić information content (AvgIpc) is 3.17. The molecule has 0 bridgehead atoms. The number of carbonyl (C=O) groups is 2. The van der Waals surface area contributed by atoms with Gasteiger partial charge in [-0.3, -0.25) is 14.6 Å². The van der Waals surface area contributed by atoms with Crippen LogP contribution in [0.4, 0.5) is 11.5 Å². The van der Waals surface area contributed by atoms with Crippen molar-refractivity contribution in [2.24, 2.45) is 0 Å². The Morgan fingerprint density at radius 3 is 2.93 bits per heavy atom. The zero-order valence-corrected chi connectivity index (χ0v) is 15.8. The lowest BCUT2D eigenvalue weighted by atomic mass is 10.3. The van der Waals surface area contributed by atoms with Gasteiger partial charge < -0.3 is 15.5 Å². The van der Waals surface area contributed by atoms with E-state index in [1.165, 1.54) is 11.3 Å². The molecule has 9 heteroatoms. The van der Waals surface area contributed by atoms with Crippen molar-refractivity contribution in [3.05, 3.63) is 53.8 Å². The summed E-state index contributed by atoms with van der Waals surface area (Å²) in [6, 6.07) is 9.24. The van der Waals surface area contributed by atoms with Gasteiger partial charge in [-0.1, -0.05) is 6.07 Å². The van der Waals surface area contributed by atoms with Gasteiger partial charge in [0.15, 0.2) is 0 Å². The van der Waals surface area contributed by atoms with Crippen molar-refractivity contribution in [2.75, 3.05) is 29.9 Å². The number of pyridine rings is 2. The van der Waals surface area contributed by atoms with Crippen LogP contribution >= 0.6 is 11.3 Å². The van der Waals surface area contributed by atoms with E-state index in [0.29, 0.717) is 36.8 Å². The first-order valence-electron chi connectivity index (χ1n) is 8.81. The van der Waals surface area contributed by atoms with Crippen molar-refractivity contribution >= 4 is 34.7 Å². The maximum absolute atomic E-state index is 12.3. The first kappa shape index (κ1) is 18.1. The first-order valence-corrected chi connectivity index (χ1v) is 9.69. The number of hydrogen-bond donors (Lipinski definition) is 2. The minimum atomic E-state index is -0.162. The van der Waals surface area contributed by atoms with E-state index in [1.807, 2.05) is 28.5 Å². The van der Waals surface area contributed by atoms with Crippen LogP contribution in [0.3, 0.4) is 0 Å². The molecule has 1 aliphatic heterocycles. The van der Waals surface area contributed by atoms with Crippen LogP contribution in [0, 0.1) is 0 Å². The molecular weight excluding hydrogens is 376 g/mol. The highest BCUT2D eigenvalue weighted by Crippen LogP contribution is 2.22. The van der Waals surface area contributed by atoms with Crippen LogP contribution in [-0.4, -0.2) is 46.4 Å². The van der Waals surface area contributed by atoms with Crippen molar-refractivity contribution in [3.63, 3.8) is 0 Å². The topological polar surface area (TPSA) is 100 Å². The molecule has 4 rings (SSSR count). The van der Waals surface area contributed by atoms with Crippen LogP contribution in [-0.2, 0) is 16.0 Å². The van der Waals surface area contributed by atoms with E-state index in [9.17, 15) is 9.59 Å². The maximum atomic E-state index is 12.3. The van der Waals surface area contributed by atoms with E-state index in [4.69, 9.17) is 0 Å². The van der Waals surface area contributed by atoms with Crippen LogP contribution in [0.1, 0.15) is 5.69 Å². The Balaban J connectivity index is 1.35. The molecule has 0 saturated carbocycles. The summed E-state index contributed by atoms with van der Waals surface area (Å²) in [7, 11) is 0. The molecule has 28 heavy (non-hydrogen) atoms. The molecule has 4 heterocycles. The molecule has 2 amide bonds. The number of hydrogen-bond acceptors (Lipinski definition) is 7. The molecule has 1 aliphatic rings. The fourth-order valence-electron chi connectivity index (χ4n) is 2.85. The minimum absolute atomic E-state index is 0.0150. The van der Waals surface area contributed by atoms with Gasteiger partial charge in [-0.2, -0.15) is 0 Å². The smallest absolute Gasteiger partial charge is 0.239 e. The Kier molecular flexibility index (Phi) is 5.24. The lowest BCUT2D eigenvalue weighted by molar-refractivity contribution is -0.120. The third-order valence-electron chi connectivity index (χ3n) is 4.17. The second-order valence-corrected chi connectivity index (χ2v) is 7.12. The van der Waals surface area contributed by atoms with Crippen LogP contribution in [0.2, 0.25) is 0 Å². The lowest BCUT2D eigenvalue weighted by Gasteiger charge is -2.27. The molecule has 142 valence electrons. The Morgan fingerprint density at radius 1 is 1.25 bits per heavy atom. The fraction of sp³-hybridized carbons (Fsp3) is 0.211. The molecule has 2 N–H and O–H groups in total. The number of piperazine rings is 1. The van der Waals surface area contributed by atoms with Gasteiger partial charge in [0.25, 0.3) is 0 Å². The Bertz CT molecular complexity index is 974. The fourth-order valence-corrected chi connectivity index (χ4v) is 3.64. The van der Waals surface area contributed by atoms with Crippen LogP contribution in [0.25, 0.3) is 10.7 Å². The summed E-state index contributed by atoms with van der Waals surface area (Å²) in [5.74, 6) is 0.538. The second-order valence-electron chi connectivity index (χ2n) is 6.26. The van der Waals surface area contributed by atoms with Crippen LogP contribution in [0.15, 0.2) is 48.1 Å². The summed E-state index contributed by atoms with van der Waals surface area (Å²) in [6.07, 6.45) is 3.49. The molecule has 1 saturated heterocycles. The normalized spacial score (nSPS) is 13.9. The van der Waals surface area contributed by atoms with E-state index in [0.717, 1.165) is 10.7 Å². The summed E-state index contributed by atoms with van der Waals surface area (Å²) in [6.45, 7) is 1.61. The summed E-state index contributed by atoms with van der Waals surface area (Å²) < 4.78 is 0. The minimum Gasteiger partial charge on any atom is -0.353 e. The molecular formula is C19H18N6O2S. The van der Waals surface area contributed by atoms with Crippen molar-refractivity contribution in [1.82, 2.24) is 20.3 Å². The molecule has 0 aromatic carbocycles. The summed E-state index contributed by atoms with van der Waals surface area (Å²) in [5.41, 5.74) is 2.10. The monoisotopic (exact) mass is 394 g/mol. The highest BCUT2D eigenvalue weighted by molar-refractivity contribution is 7.13. The first-order chi connectivity index (χ1) is 13.7. The maximum Gasteiger partial charge on any atom is 0.239 e. The van der Waals surface area contributed by atoms with E-state index < -0.39 is 0 Å². The van der Waals surface area contributed by atoms with Crippen LogP contribution < -0.4 is 15.5 Å². The Morgan fingerprint density at radius 2 is 2.18 bits per heavy atom. The summed E-state index contributed by atoms with van der Waals surface area (Å²) in [5, 5.41) is 8.27. The highest BCUT2D eigenvalue weighted by Gasteiger charge is 2.17. The molecule has 3 aromatic rings. The predicted octanol–water partition coefficient (Wildman–Crippen LogP) is 1.72. The van der Waals surface area contributed by atoms with E-state index in [-0.39, 0.29) is 18.2 Å². The molecule has 0 atom stereocenters. The molecule has 0 unspecified atom stereocenters. The average molecular weight is 394 g/mol. The van der Waals surface area contributed by atoms with Gasteiger partial charge in [-0.05, 0) is 24.3 Å². The SMILES string of the molecule is O=C1CN(c2ccc(NC(=O)Cc3csc(-c4ccccn4)n3)cn2)CCN1. The largest absolute Gasteiger partial charge is 0.353 e. The zero-order chi connectivity index (χ0) is 19.3. The molecule has 0 aliphatic carbocycles. The van der Waals surface area contributed by atoms with Gasteiger partial charge in [0.1, 0.15) is 10.8 Å². The van der Waals surface area contributed by atoms with Gasteiger partial charge in [0.2, 0.25) is 11.8 Å². The number of nitrogens with one attached hydrogen (secondary N) is 2. The van der Waals surface area contributed by atoms with Crippen molar-refractivity contribution in [3.8, 4) is 10.7 Å². The Labute approximate surface area is 165 Å². The zero-order valence-electron chi connectivity index (χ0n) is 15.0. The third kappa shape index (κ3) is 4.32. The molecule has 8 nitrogen and oxygen atoms in total. The second kappa shape index (κ2) is 8.13. The number of rotatable bonds is 5. The lowest BCUT2D eigenvalue weighted by Crippen LogP contribution is -2.48. The standard InChI is InChI=1S/C19H18N6O2S/c26-17(9-14-12-28-19(24-14)15-3-1-2-6-20-15)23-13-4-5-16(22-10-13)25-8-7-21-18(27)11-25/h1-6,10,12H,7-9,11H2,(H,21,27)(H,23,26). The van der Waals surface area contributed by atoms with Gasteiger partial charge in [0.05, 0.1) is 36.2 Å². The number of carbonyl (C=O) groups excluding carboxylic acids is 2. The number of nitrogens with zero attached hydrogens (tertiary/aromatic N) is 4. The van der Waals surface area contributed by atoms with Crippen molar-refractivity contribution in [1.29, 1.82) is 0 Å². The number of aromatic nitrogens is 3. The Hall–Kier alpha value is -3.33. The highest BCUT2D eigenvalue weighted by atomic mass is 32.1. The van der Waals surface area contributed by atoms with Gasteiger partial charge in [0, 0.05) is 24.7 Å². The van der Waals surface area contributed by atoms with E-state index in [2.05, 4.69) is 25.6 Å². The van der Waals surface area contributed by atoms with Gasteiger partial charge in [-0.25, -0.2) is 9.97 Å². The summed E-state index contributed by atoms with van der Waals surface area (Å²) in [4.78, 5) is 38.8. The predicted molar refractivity (Wildman–Crippen MR) is 107 cm³/mol. The van der Waals surface area contributed by atoms with Gasteiger partial charge in [-0.15, -0.1) is 11.3 Å². The molecule has 1 fully saturated rings.